The maximum atomic E-state index is 6.12. The summed E-state index contributed by atoms with van der Waals surface area (Å²) in [6.07, 6.45) is 0.776. The molecule has 0 saturated heterocycles. The second-order valence-corrected chi connectivity index (χ2v) is 5.11. The number of halogens is 1. The van der Waals surface area contributed by atoms with Crippen molar-refractivity contribution >= 4 is 11.6 Å². The first-order valence-corrected chi connectivity index (χ1v) is 6.00. The summed E-state index contributed by atoms with van der Waals surface area (Å²) in [5.41, 5.74) is 2.42. The van der Waals surface area contributed by atoms with Crippen LogP contribution in [0.25, 0.3) is 0 Å². The van der Waals surface area contributed by atoms with Gasteiger partial charge < -0.3 is 0 Å². The Morgan fingerprint density at radius 2 is 1.88 bits per heavy atom. The van der Waals surface area contributed by atoms with Crippen LogP contribution in [0.4, 0.5) is 0 Å². The Hall–Kier alpha value is -0.890. The minimum Gasteiger partial charge on any atom is -0.184 e. The Morgan fingerprint density at radius 3 is 2.38 bits per heavy atom. The SMILES string of the molecule is CCC(C)(Cl)N=NC(C)c1ccc(C)cc1. The van der Waals surface area contributed by atoms with Gasteiger partial charge in [-0.25, -0.2) is 0 Å². The Morgan fingerprint density at radius 1 is 1.31 bits per heavy atom. The van der Waals surface area contributed by atoms with Crippen LogP contribution in [0.3, 0.4) is 0 Å². The van der Waals surface area contributed by atoms with E-state index in [1.807, 2.05) is 20.8 Å². The van der Waals surface area contributed by atoms with Crippen LogP contribution in [0, 0.1) is 6.92 Å². The molecule has 0 N–H and O–H groups in total. The largest absolute Gasteiger partial charge is 0.184 e. The van der Waals surface area contributed by atoms with Gasteiger partial charge in [-0.1, -0.05) is 48.4 Å². The molecule has 3 heteroatoms. The standard InChI is InChI=1S/C13H19ClN2/c1-5-13(4,14)16-15-11(3)12-8-6-10(2)7-9-12/h6-9,11H,5H2,1-4H3. The molecular formula is C13H19ClN2. The van der Waals surface area contributed by atoms with Gasteiger partial charge in [0.05, 0.1) is 6.04 Å². The van der Waals surface area contributed by atoms with E-state index in [1.165, 1.54) is 5.56 Å². The molecule has 0 fully saturated rings. The highest BCUT2D eigenvalue weighted by atomic mass is 35.5. The van der Waals surface area contributed by atoms with Crippen molar-refractivity contribution in [3.63, 3.8) is 0 Å². The highest BCUT2D eigenvalue weighted by Crippen LogP contribution is 2.24. The van der Waals surface area contributed by atoms with Gasteiger partial charge in [-0.05, 0) is 32.8 Å². The summed E-state index contributed by atoms with van der Waals surface area (Å²) in [5, 5.41) is 8.42. The van der Waals surface area contributed by atoms with Crippen LogP contribution in [-0.2, 0) is 0 Å². The molecule has 0 amide bonds. The van der Waals surface area contributed by atoms with Crippen LogP contribution >= 0.6 is 11.6 Å². The lowest BCUT2D eigenvalue weighted by Gasteiger charge is -2.13. The Bertz CT molecular complexity index is 355. The third kappa shape index (κ3) is 3.93. The van der Waals surface area contributed by atoms with Gasteiger partial charge in [-0.3, -0.25) is 0 Å². The molecular weight excluding hydrogens is 220 g/mol. The van der Waals surface area contributed by atoms with Gasteiger partial charge in [0.1, 0.15) is 0 Å². The molecule has 88 valence electrons. The topological polar surface area (TPSA) is 24.7 Å². The zero-order valence-electron chi connectivity index (χ0n) is 10.4. The fourth-order valence-corrected chi connectivity index (χ4v) is 1.23. The van der Waals surface area contributed by atoms with Crippen molar-refractivity contribution < 1.29 is 0 Å². The molecule has 16 heavy (non-hydrogen) atoms. The van der Waals surface area contributed by atoms with E-state index < -0.39 is 5.00 Å². The Labute approximate surface area is 103 Å². The van der Waals surface area contributed by atoms with Crippen LogP contribution in [-0.4, -0.2) is 5.00 Å². The van der Waals surface area contributed by atoms with Crippen LogP contribution < -0.4 is 0 Å². The predicted octanol–water partition coefficient (Wildman–Crippen LogP) is 4.87. The molecule has 0 aliphatic carbocycles. The predicted molar refractivity (Wildman–Crippen MR) is 69.0 cm³/mol. The molecule has 0 heterocycles. The lowest BCUT2D eigenvalue weighted by molar-refractivity contribution is 0.568. The van der Waals surface area contributed by atoms with Crippen LogP contribution in [0.1, 0.15) is 44.4 Å². The molecule has 1 rings (SSSR count). The van der Waals surface area contributed by atoms with Crippen LogP contribution in [0.5, 0.6) is 0 Å². The molecule has 2 atom stereocenters. The fourth-order valence-electron chi connectivity index (χ4n) is 1.19. The molecule has 2 nitrogen and oxygen atoms in total. The lowest BCUT2D eigenvalue weighted by atomic mass is 10.1. The van der Waals surface area contributed by atoms with E-state index in [4.69, 9.17) is 11.6 Å². The third-order valence-electron chi connectivity index (χ3n) is 2.64. The van der Waals surface area contributed by atoms with E-state index in [0.717, 1.165) is 12.0 Å². The number of hydrogen-bond acceptors (Lipinski definition) is 2. The Balaban J connectivity index is 2.72. The Kier molecular flexibility index (Phi) is 4.48. The number of hydrogen-bond donors (Lipinski definition) is 0. The molecule has 0 aromatic heterocycles. The quantitative estimate of drug-likeness (QED) is 0.406. The number of rotatable bonds is 4. The number of benzene rings is 1. The summed E-state index contributed by atoms with van der Waals surface area (Å²) in [5.74, 6) is 0. The molecule has 0 saturated carbocycles. The number of nitrogens with zero attached hydrogens (tertiary/aromatic N) is 2. The average Bonchev–Trinajstić information content (AvgIpc) is 2.27. The molecule has 0 aliphatic rings. The van der Waals surface area contributed by atoms with Gasteiger partial charge in [-0.15, -0.1) is 0 Å². The zero-order valence-corrected chi connectivity index (χ0v) is 11.1. The van der Waals surface area contributed by atoms with Gasteiger partial charge in [0.25, 0.3) is 0 Å². The molecule has 0 radical (unpaired) electrons. The normalized spacial score (nSPS) is 17.3. The zero-order chi connectivity index (χ0) is 12.2. The highest BCUT2D eigenvalue weighted by Gasteiger charge is 2.16. The first-order valence-electron chi connectivity index (χ1n) is 5.62. The molecule has 0 aliphatic heterocycles. The minimum absolute atomic E-state index is 0.0604. The van der Waals surface area contributed by atoms with E-state index in [9.17, 15) is 0 Å². The molecule has 0 spiro atoms. The van der Waals surface area contributed by atoms with Crippen LogP contribution in [0.15, 0.2) is 34.5 Å². The minimum atomic E-state index is -0.570. The second-order valence-electron chi connectivity index (χ2n) is 4.30. The van der Waals surface area contributed by atoms with E-state index in [1.54, 1.807) is 0 Å². The van der Waals surface area contributed by atoms with Gasteiger partial charge in [0.15, 0.2) is 5.00 Å². The summed E-state index contributed by atoms with van der Waals surface area (Å²) in [6.45, 7) is 7.97. The molecule has 2 unspecified atom stereocenters. The number of azo groups is 1. The third-order valence-corrected chi connectivity index (χ3v) is 2.99. The highest BCUT2D eigenvalue weighted by molar-refractivity contribution is 6.23. The summed E-state index contributed by atoms with van der Waals surface area (Å²) < 4.78 is 0. The fraction of sp³-hybridized carbons (Fsp3) is 0.538. The number of alkyl halides is 1. The maximum Gasteiger partial charge on any atom is 0.151 e. The van der Waals surface area contributed by atoms with Crippen molar-refractivity contribution in [1.29, 1.82) is 0 Å². The van der Waals surface area contributed by atoms with Gasteiger partial charge in [0.2, 0.25) is 0 Å². The molecule has 0 bridgehead atoms. The molecule has 1 aromatic carbocycles. The number of aryl methyl sites for hydroxylation is 1. The van der Waals surface area contributed by atoms with Crippen molar-refractivity contribution in [1.82, 2.24) is 0 Å². The first kappa shape index (κ1) is 13.2. The van der Waals surface area contributed by atoms with E-state index in [0.29, 0.717) is 0 Å². The summed E-state index contributed by atoms with van der Waals surface area (Å²) in [6, 6.07) is 8.39. The second kappa shape index (κ2) is 5.44. The van der Waals surface area contributed by atoms with Gasteiger partial charge in [0, 0.05) is 0 Å². The van der Waals surface area contributed by atoms with Crippen molar-refractivity contribution in [2.45, 2.75) is 45.2 Å². The first-order chi connectivity index (χ1) is 7.44. The van der Waals surface area contributed by atoms with Crippen LogP contribution in [0.2, 0.25) is 0 Å². The van der Waals surface area contributed by atoms with Crippen molar-refractivity contribution in [2.75, 3.05) is 0 Å². The summed E-state index contributed by atoms with van der Waals surface area (Å²) >= 11 is 6.12. The average molecular weight is 239 g/mol. The van der Waals surface area contributed by atoms with E-state index in [2.05, 4.69) is 41.4 Å². The lowest BCUT2D eigenvalue weighted by Crippen LogP contribution is -2.09. The summed E-state index contributed by atoms with van der Waals surface area (Å²) in [7, 11) is 0. The van der Waals surface area contributed by atoms with Gasteiger partial charge >= 0.3 is 0 Å². The van der Waals surface area contributed by atoms with Crippen molar-refractivity contribution in [3.8, 4) is 0 Å². The van der Waals surface area contributed by atoms with Crippen molar-refractivity contribution in [3.05, 3.63) is 35.4 Å². The maximum absolute atomic E-state index is 6.12. The summed E-state index contributed by atoms with van der Waals surface area (Å²) in [4.78, 5) is -0.570. The monoisotopic (exact) mass is 238 g/mol. The van der Waals surface area contributed by atoms with E-state index in [-0.39, 0.29) is 6.04 Å². The smallest absolute Gasteiger partial charge is 0.151 e. The molecule has 1 aromatic rings. The van der Waals surface area contributed by atoms with Crippen molar-refractivity contribution in [2.24, 2.45) is 10.2 Å². The van der Waals surface area contributed by atoms with Gasteiger partial charge in [-0.2, -0.15) is 10.2 Å². The van der Waals surface area contributed by atoms with E-state index >= 15 is 0 Å².